The highest BCUT2D eigenvalue weighted by atomic mass is 32.2. The van der Waals surface area contributed by atoms with Gasteiger partial charge in [0.15, 0.2) is 5.16 Å². The van der Waals surface area contributed by atoms with Gasteiger partial charge in [-0.25, -0.2) is 4.98 Å². The molecule has 0 aliphatic heterocycles. The molecule has 0 spiro atoms. The molecule has 4 heteroatoms. The first-order valence-electron chi connectivity index (χ1n) is 7.38. The molecule has 1 aliphatic carbocycles. The fourth-order valence-corrected chi connectivity index (χ4v) is 3.82. The summed E-state index contributed by atoms with van der Waals surface area (Å²) in [6.45, 7) is 0. The third kappa shape index (κ3) is 2.28. The first-order valence-corrected chi connectivity index (χ1v) is 8.37. The number of hydrogen-bond donors (Lipinski definition) is 0. The van der Waals surface area contributed by atoms with Crippen molar-refractivity contribution in [2.45, 2.75) is 18.0 Å². The monoisotopic (exact) mass is 305 g/mol. The number of rotatable bonds is 4. The number of hydrogen-bond acceptors (Lipinski definition) is 3. The molecule has 0 N–H and O–H groups in total. The molecule has 0 amide bonds. The van der Waals surface area contributed by atoms with Crippen molar-refractivity contribution >= 4 is 22.8 Å². The van der Waals surface area contributed by atoms with Gasteiger partial charge in [-0.3, -0.25) is 4.57 Å². The molecule has 1 heterocycles. The minimum Gasteiger partial charge on any atom is -0.287 e. The second-order valence-electron chi connectivity index (χ2n) is 5.73. The standard InChI is InChI=1S/C18H15N3S/c19-12-18(10-11-18)13-22-17-20-15-8-4-5-9-16(15)21(17)14-6-2-1-3-7-14/h1-9H,10-11,13H2. The van der Waals surface area contributed by atoms with E-state index in [0.717, 1.165) is 40.5 Å². The number of nitriles is 1. The molecular formula is C18H15N3S. The quantitative estimate of drug-likeness (QED) is 0.670. The zero-order chi connectivity index (χ0) is 15.0. The maximum atomic E-state index is 9.27. The Hall–Kier alpha value is -2.25. The molecule has 3 aromatic rings. The van der Waals surface area contributed by atoms with Crippen molar-refractivity contribution < 1.29 is 0 Å². The number of imidazole rings is 1. The highest BCUT2D eigenvalue weighted by molar-refractivity contribution is 7.99. The van der Waals surface area contributed by atoms with E-state index in [1.807, 2.05) is 36.4 Å². The lowest BCUT2D eigenvalue weighted by Gasteiger charge is -2.10. The second kappa shape index (κ2) is 5.19. The van der Waals surface area contributed by atoms with E-state index in [1.54, 1.807) is 11.8 Å². The summed E-state index contributed by atoms with van der Waals surface area (Å²) in [4.78, 5) is 4.77. The first kappa shape index (κ1) is 13.4. The van der Waals surface area contributed by atoms with Gasteiger partial charge < -0.3 is 0 Å². The Morgan fingerprint density at radius 2 is 1.82 bits per heavy atom. The highest BCUT2D eigenvalue weighted by Gasteiger charge is 2.43. The molecular weight excluding hydrogens is 290 g/mol. The number of fused-ring (bicyclic) bond motifs is 1. The van der Waals surface area contributed by atoms with Crippen molar-refractivity contribution in [3.8, 4) is 11.8 Å². The van der Waals surface area contributed by atoms with E-state index < -0.39 is 0 Å². The van der Waals surface area contributed by atoms with Gasteiger partial charge in [-0.05, 0) is 37.1 Å². The fourth-order valence-electron chi connectivity index (χ4n) is 2.57. The molecule has 4 rings (SSSR count). The number of benzene rings is 2. The van der Waals surface area contributed by atoms with Gasteiger partial charge in [-0.15, -0.1) is 0 Å². The van der Waals surface area contributed by atoms with Gasteiger partial charge in [0.25, 0.3) is 0 Å². The zero-order valence-corrected chi connectivity index (χ0v) is 12.9. The number of aromatic nitrogens is 2. The predicted octanol–water partition coefficient (Wildman–Crippen LogP) is 4.42. The normalized spacial score (nSPS) is 15.6. The van der Waals surface area contributed by atoms with Crippen LogP contribution in [0.25, 0.3) is 16.7 Å². The van der Waals surface area contributed by atoms with Crippen molar-refractivity contribution in [3.63, 3.8) is 0 Å². The average molecular weight is 305 g/mol. The minimum atomic E-state index is -0.121. The molecule has 1 aromatic heterocycles. The van der Waals surface area contributed by atoms with Crippen LogP contribution in [0.3, 0.4) is 0 Å². The van der Waals surface area contributed by atoms with Crippen LogP contribution < -0.4 is 0 Å². The van der Waals surface area contributed by atoms with E-state index in [1.165, 1.54) is 0 Å². The lowest BCUT2D eigenvalue weighted by molar-refractivity contribution is 0.777. The maximum Gasteiger partial charge on any atom is 0.173 e. The van der Waals surface area contributed by atoms with Crippen LogP contribution in [0.15, 0.2) is 59.8 Å². The summed E-state index contributed by atoms with van der Waals surface area (Å²) in [5.74, 6) is 0.819. The Bertz CT molecular complexity index is 857. The molecule has 0 bridgehead atoms. The minimum absolute atomic E-state index is 0.121. The van der Waals surface area contributed by atoms with Crippen molar-refractivity contribution in [2.75, 3.05) is 5.75 Å². The van der Waals surface area contributed by atoms with Gasteiger partial charge in [0.1, 0.15) is 0 Å². The molecule has 1 saturated carbocycles. The summed E-state index contributed by atoms with van der Waals surface area (Å²) in [5.41, 5.74) is 3.10. The van der Waals surface area contributed by atoms with Crippen LogP contribution in [0.1, 0.15) is 12.8 Å². The Labute approximate surface area is 133 Å². The van der Waals surface area contributed by atoms with Crippen LogP contribution >= 0.6 is 11.8 Å². The Kier molecular flexibility index (Phi) is 3.16. The fraction of sp³-hybridized carbons (Fsp3) is 0.222. The van der Waals surface area contributed by atoms with E-state index in [2.05, 4.69) is 28.8 Å². The van der Waals surface area contributed by atoms with E-state index in [-0.39, 0.29) is 5.41 Å². The zero-order valence-electron chi connectivity index (χ0n) is 12.1. The van der Waals surface area contributed by atoms with Crippen LogP contribution in [0.4, 0.5) is 0 Å². The van der Waals surface area contributed by atoms with Crippen LogP contribution in [0, 0.1) is 16.7 Å². The molecule has 0 atom stereocenters. The number of thioether (sulfide) groups is 1. The highest BCUT2D eigenvalue weighted by Crippen LogP contribution is 2.48. The topological polar surface area (TPSA) is 41.6 Å². The number of nitrogens with zero attached hydrogens (tertiary/aromatic N) is 3. The van der Waals surface area contributed by atoms with Crippen LogP contribution in [0.2, 0.25) is 0 Å². The van der Waals surface area contributed by atoms with Gasteiger partial charge in [0.05, 0.1) is 22.5 Å². The van der Waals surface area contributed by atoms with Crippen molar-refractivity contribution in [1.29, 1.82) is 5.26 Å². The predicted molar refractivity (Wildman–Crippen MR) is 89.1 cm³/mol. The third-order valence-corrected chi connectivity index (χ3v) is 5.34. The van der Waals surface area contributed by atoms with Crippen molar-refractivity contribution in [2.24, 2.45) is 5.41 Å². The SMILES string of the molecule is N#CC1(CSc2nc3ccccc3n2-c2ccccc2)CC1. The molecule has 0 radical (unpaired) electrons. The molecule has 22 heavy (non-hydrogen) atoms. The molecule has 1 fully saturated rings. The first-order chi connectivity index (χ1) is 10.8. The smallest absolute Gasteiger partial charge is 0.173 e. The lowest BCUT2D eigenvalue weighted by atomic mass is 10.2. The number of para-hydroxylation sites is 3. The Morgan fingerprint density at radius 1 is 1.09 bits per heavy atom. The molecule has 0 unspecified atom stereocenters. The molecule has 2 aromatic carbocycles. The van der Waals surface area contributed by atoms with E-state index in [9.17, 15) is 5.26 Å². The maximum absolute atomic E-state index is 9.27. The summed E-state index contributed by atoms with van der Waals surface area (Å²) in [6.07, 6.45) is 2.03. The summed E-state index contributed by atoms with van der Waals surface area (Å²) in [6, 6.07) is 20.9. The molecule has 1 aliphatic rings. The summed E-state index contributed by atoms with van der Waals surface area (Å²) in [5, 5.41) is 10.2. The van der Waals surface area contributed by atoms with Crippen molar-refractivity contribution in [3.05, 3.63) is 54.6 Å². The molecule has 0 saturated heterocycles. The van der Waals surface area contributed by atoms with Crippen LogP contribution in [-0.2, 0) is 0 Å². The van der Waals surface area contributed by atoms with Gasteiger partial charge in [0, 0.05) is 11.4 Å². The van der Waals surface area contributed by atoms with E-state index >= 15 is 0 Å². The lowest BCUT2D eigenvalue weighted by Crippen LogP contribution is -2.02. The van der Waals surface area contributed by atoms with Gasteiger partial charge in [0.2, 0.25) is 0 Å². The third-order valence-electron chi connectivity index (χ3n) is 4.11. The largest absolute Gasteiger partial charge is 0.287 e. The van der Waals surface area contributed by atoms with Crippen LogP contribution in [-0.4, -0.2) is 15.3 Å². The van der Waals surface area contributed by atoms with Crippen LogP contribution in [0.5, 0.6) is 0 Å². The van der Waals surface area contributed by atoms with Gasteiger partial charge in [-0.1, -0.05) is 42.1 Å². The average Bonchev–Trinajstić information content (AvgIpc) is 3.27. The summed E-state index contributed by atoms with van der Waals surface area (Å²) < 4.78 is 2.19. The van der Waals surface area contributed by atoms with E-state index in [4.69, 9.17) is 4.98 Å². The molecule has 108 valence electrons. The Balaban J connectivity index is 1.78. The van der Waals surface area contributed by atoms with E-state index in [0.29, 0.717) is 0 Å². The molecule has 3 nitrogen and oxygen atoms in total. The van der Waals surface area contributed by atoms with Gasteiger partial charge in [-0.2, -0.15) is 5.26 Å². The second-order valence-corrected chi connectivity index (χ2v) is 6.68. The summed E-state index contributed by atoms with van der Waals surface area (Å²) in [7, 11) is 0. The Morgan fingerprint density at radius 3 is 2.55 bits per heavy atom. The summed E-state index contributed by atoms with van der Waals surface area (Å²) >= 11 is 1.69. The van der Waals surface area contributed by atoms with Gasteiger partial charge >= 0.3 is 0 Å². The van der Waals surface area contributed by atoms with Crippen molar-refractivity contribution in [1.82, 2.24) is 9.55 Å².